The van der Waals surface area contributed by atoms with Gasteiger partial charge in [0.05, 0.1) is 26.1 Å². The predicted octanol–water partition coefficient (Wildman–Crippen LogP) is 11.0. The van der Waals surface area contributed by atoms with Crippen molar-refractivity contribution in [2.24, 2.45) is 0 Å². The molecule has 1 unspecified atom stereocenters. The van der Waals surface area contributed by atoms with Gasteiger partial charge < -0.3 is 24.6 Å². The summed E-state index contributed by atoms with van der Waals surface area (Å²) in [6.07, 6.45) is 37.9. The first-order valence-electron chi connectivity index (χ1n) is 20.4. The molecule has 0 amide bonds. The van der Waals surface area contributed by atoms with E-state index < -0.39 is 45.8 Å². The zero-order valence-electron chi connectivity index (χ0n) is 32.1. The number of hydrogen-bond acceptors (Lipinski definition) is 8. The van der Waals surface area contributed by atoms with Crippen LogP contribution < -0.4 is 0 Å². The Morgan fingerprint density at radius 1 is 0.600 bits per heavy atom. The van der Waals surface area contributed by atoms with Crippen LogP contribution in [0.2, 0.25) is 0 Å². The van der Waals surface area contributed by atoms with Gasteiger partial charge in [-0.05, 0) is 51.0 Å². The number of phosphoric acid groups is 1. The third kappa shape index (κ3) is 36.6. The standard InChI is InChI=1S/C40H77O9P/c1-3-5-7-9-11-13-15-17-18-19-21-23-25-27-29-31-33-46-36-39(37-48-50(44,45)47-35-38(42)34-41)49-40(43)32-30-28-26-24-22-20-16-14-12-10-8-6-4-2/h14,16,31,33,38-39,41-42H,3-13,15,17-30,32,34-37H2,1-2H3,(H,44,45)/b16-14-,33-31-/t38-,39+/m0/s1. The number of rotatable bonds is 39. The van der Waals surface area contributed by atoms with E-state index in [0.717, 1.165) is 44.9 Å². The summed E-state index contributed by atoms with van der Waals surface area (Å²) < 4.78 is 33.0. The molecule has 0 aliphatic rings. The number of aliphatic hydroxyl groups is 2. The first-order valence-corrected chi connectivity index (χ1v) is 21.9. The third-order valence-corrected chi connectivity index (χ3v) is 9.65. The highest BCUT2D eigenvalue weighted by Gasteiger charge is 2.26. The molecule has 0 saturated heterocycles. The molecule has 0 aliphatic carbocycles. The molecule has 0 fully saturated rings. The van der Waals surface area contributed by atoms with E-state index in [1.165, 1.54) is 116 Å². The van der Waals surface area contributed by atoms with Crippen molar-refractivity contribution in [3.05, 3.63) is 24.5 Å². The molecule has 0 rings (SSSR count). The van der Waals surface area contributed by atoms with Crippen LogP contribution in [0.15, 0.2) is 24.5 Å². The van der Waals surface area contributed by atoms with Crippen molar-refractivity contribution >= 4 is 13.8 Å². The summed E-state index contributed by atoms with van der Waals surface area (Å²) in [4.78, 5) is 22.5. The number of unbranched alkanes of at least 4 members (excludes halogenated alkanes) is 23. The first kappa shape index (κ1) is 48.8. The first-order chi connectivity index (χ1) is 24.3. The molecule has 0 spiro atoms. The van der Waals surface area contributed by atoms with Crippen molar-refractivity contribution in [3.63, 3.8) is 0 Å². The smallest absolute Gasteiger partial charge is 0.472 e. The fourth-order valence-corrected chi connectivity index (χ4v) is 6.34. The van der Waals surface area contributed by atoms with E-state index in [0.29, 0.717) is 6.42 Å². The minimum atomic E-state index is -4.53. The van der Waals surface area contributed by atoms with Crippen LogP contribution in [0.3, 0.4) is 0 Å². The monoisotopic (exact) mass is 733 g/mol. The molecule has 3 atom stereocenters. The SMILES string of the molecule is CCCCCC/C=C\CCCCCCCC(=O)O[C@H](CO/C=C\CCCCCCCCCCCCCCCC)COP(=O)(O)OC[C@@H](O)CO. The van der Waals surface area contributed by atoms with Gasteiger partial charge in [-0.3, -0.25) is 13.8 Å². The van der Waals surface area contributed by atoms with Crippen molar-refractivity contribution < 1.29 is 43.0 Å². The number of ether oxygens (including phenoxy) is 2. The van der Waals surface area contributed by atoms with Gasteiger partial charge in [0.15, 0.2) is 6.10 Å². The molecule has 0 aromatic rings. The minimum absolute atomic E-state index is 0.0354. The van der Waals surface area contributed by atoms with Crippen molar-refractivity contribution in [1.29, 1.82) is 0 Å². The van der Waals surface area contributed by atoms with E-state index in [1.54, 1.807) is 6.26 Å². The molecule has 0 aromatic carbocycles. The fraction of sp³-hybridized carbons (Fsp3) is 0.875. The van der Waals surface area contributed by atoms with E-state index in [4.69, 9.17) is 23.6 Å². The highest BCUT2D eigenvalue weighted by atomic mass is 31.2. The summed E-state index contributed by atoms with van der Waals surface area (Å²) in [7, 11) is -4.53. The lowest BCUT2D eigenvalue weighted by Gasteiger charge is -2.20. The van der Waals surface area contributed by atoms with Crippen molar-refractivity contribution in [1.82, 2.24) is 0 Å². The largest absolute Gasteiger partial charge is 0.498 e. The minimum Gasteiger partial charge on any atom is -0.498 e. The Balaban J connectivity index is 4.25. The highest BCUT2D eigenvalue weighted by molar-refractivity contribution is 7.47. The number of esters is 1. The lowest BCUT2D eigenvalue weighted by atomic mass is 10.0. The van der Waals surface area contributed by atoms with Gasteiger partial charge >= 0.3 is 13.8 Å². The Labute approximate surface area is 306 Å². The maximum atomic E-state index is 12.5. The van der Waals surface area contributed by atoms with Gasteiger partial charge in [0.1, 0.15) is 12.7 Å². The predicted molar refractivity (Wildman–Crippen MR) is 205 cm³/mol. The number of carbonyl (C=O) groups is 1. The van der Waals surface area contributed by atoms with Crippen LogP contribution in [-0.2, 0) is 27.9 Å². The molecule has 0 saturated carbocycles. The summed E-state index contributed by atoms with van der Waals surface area (Å²) in [5, 5.41) is 18.3. The molecular weight excluding hydrogens is 655 g/mol. The summed E-state index contributed by atoms with van der Waals surface area (Å²) in [6.45, 7) is 2.86. The fourth-order valence-electron chi connectivity index (χ4n) is 5.55. The van der Waals surface area contributed by atoms with Crippen LogP contribution in [0.4, 0.5) is 0 Å². The Morgan fingerprint density at radius 3 is 1.52 bits per heavy atom. The second-order valence-electron chi connectivity index (χ2n) is 13.7. The molecule has 0 heterocycles. The van der Waals surface area contributed by atoms with Gasteiger partial charge in [-0.2, -0.15) is 0 Å². The number of phosphoric ester groups is 1. The zero-order valence-corrected chi connectivity index (χ0v) is 33.0. The van der Waals surface area contributed by atoms with Gasteiger partial charge in [0.2, 0.25) is 0 Å². The molecule has 0 radical (unpaired) electrons. The van der Waals surface area contributed by atoms with Crippen LogP contribution in [0.5, 0.6) is 0 Å². The second kappa shape index (κ2) is 37.5. The molecule has 3 N–H and O–H groups in total. The van der Waals surface area contributed by atoms with Gasteiger partial charge in [-0.1, -0.05) is 148 Å². The summed E-state index contributed by atoms with van der Waals surface area (Å²) >= 11 is 0. The highest BCUT2D eigenvalue weighted by Crippen LogP contribution is 2.43. The van der Waals surface area contributed by atoms with E-state index in [1.807, 2.05) is 6.08 Å². The molecule has 0 aromatic heterocycles. The van der Waals surface area contributed by atoms with Crippen LogP contribution in [0.25, 0.3) is 0 Å². The van der Waals surface area contributed by atoms with Crippen molar-refractivity contribution in [3.8, 4) is 0 Å². The number of carbonyl (C=O) groups excluding carboxylic acids is 1. The average molecular weight is 733 g/mol. The zero-order chi connectivity index (χ0) is 36.8. The Hall–Kier alpha value is -1.22. The van der Waals surface area contributed by atoms with E-state index >= 15 is 0 Å². The normalized spacial score (nSPS) is 14.3. The van der Waals surface area contributed by atoms with Crippen LogP contribution >= 0.6 is 7.82 Å². The van der Waals surface area contributed by atoms with Gasteiger partial charge in [0.25, 0.3) is 0 Å². The molecule has 50 heavy (non-hydrogen) atoms. The molecule has 10 heteroatoms. The molecule has 0 bridgehead atoms. The lowest BCUT2D eigenvalue weighted by Crippen LogP contribution is -2.28. The topological polar surface area (TPSA) is 132 Å². The van der Waals surface area contributed by atoms with Gasteiger partial charge in [0, 0.05) is 6.42 Å². The average Bonchev–Trinajstić information content (AvgIpc) is 3.10. The Bertz CT molecular complexity index is 836. The number of aliphatic hydroxyl groups excluding tert-OH is 2. The quantitative estimate of drug-likeness (QED) is 0.0186. The van der Waals surface area contributed by atoms with Gasteiger partial charge in [-0.15, -0.1) is 0 Å². The van der Waals surface area contributed by atoms with E-state index in [9.17, 15) is 19.4 Å². The van der Waals surface area contributed by atoms with E-state index in [2.05, 4.69) is 26.0 Å². The van der Waals surface area contributed by atoms with Crippen molar-refractivity contribution in [2.75, 3.05) is 26.4 Å². The Kier molecular flexibility index (Phi) is 36.6. The van der Waals surface area contributed by atoms with E-state index in [-0.39, 0.29) is 13.0 Å². The Morgan fingerprint density at radius 2 is 1.02 bits per heavy atom. The molecule has 296 valence electrons. The molecule has 0 aliphatic heterocycles. The van der Waals surface area contributed by atoms with Crippen molar-refractivity contribution in [2.45, 2.75) is 199 Å². The number of allylic oxidation sites excluding steroid dienone is 3. The van der Waals surface area contributed by atoms with Crippen LogP contribution in [0, 0.1) is 0 Å². The van der Waals surface area contributed by atoms with Crippen LogP contribution in [-0.4, -0.2) is 59.7 Å². The number of hydrogen-bond donors (Lipinski definition) is 3. The van der Waals surface area contributed by atoms with Gasteiger partial charge in [-0.25, -0.2) is 4.57 Å². The third-order valence-electron chi connectivity index (χ3n) is 8.70. The second-order valence-corrected chi connectivity index (χ2v) is 15.2. The summed E-state index contributed by atoms with van der Waals surface area (Å²) in [5.74, 6) is -0.413. The summed E-state index contributed by atoms with van der Waals surface area (Å²) in [5.41, 5.74) is 0. The summed E-state index contributed by atoms with van der Waals surface area (Å²) in [6, 6.07) is 0. The lowest BCUT2D eigenvalue weighted by molar-refractivity contribution is -0.153. The van der Waals surface area contributed by atoms with Crippen LogP contribution in [0.1, 0.15) is 187 Å². The maximum Gasteiger partial charge on any atom is 0.472 e. The maximum absolute atomic E-state index is 12.5. The molecule has 9 nitrogen and oxygen atoms in total. The molecular formula is C40H77O9P.